The van der Waals surface area contributed by atoms with Crippen molar-refractivity contribution in [3.8, 4) is 5.69 Å². The highest BCUT2D eigenvalue weighted by Crippen LogP contribution is 2.39. The lowest BCUT2D eigenvalue weighted by molar-refractivity contribution is -0.155. The lowest BCUT2D eigenvalue weighted by atomic mass is 9.85. The Bertz CT molecular complexity index is 867. The van der Waals surface area contributed by atoms with Crippen LogP contribution in [0.1, 0.15) is 48.8 Å². The number of rotatable bonds is 2. The molecule has 0 atom stereocenters. The summed E-state index contributed by atoms with van der Waals surface area (Å²) in [7, 11) is 4.35. The lowest BCUT2D eigenvalue weighted by Gasteiger charge is -2.32. The molecule has 6 nitrogen and oxygen atoms in total. The number of halogens is 1. The summed E-state index contributed by atoms with van der Waals surface area (Å²) in [5.74, 6) is 1.78. The van der Waals surface area contributed by atoms with Crippen molar-refractivity contribution >= 4 is 11.6 Å². The van der Waals surface area contributed by atoms with E-state index < -0.39 is 5.79 Å². The van der Waals surface area contributed by atoms with E-state index in [1.165, 1.54) is 12.8 Å². The molecule has 1 spiro atoms. The zero-order chi connectivity index (χ0) is 19.3. The molecule has 5 rings (SSSR count). The first-order valence-corrected chi connectivity index (χ1v) is 10.6. The Morgan fingerprint density at radius 2 is 1.82 bits per heavy atom. The fourth-order valence-electron chi connectivity index (χ4n) is 5.03. The van der Waals surface area contributed by atoms with Crippen molar-refractivity contribution in [1.82, 2.24) is 19.7 Å². The number of ether oxygens (including phenoxy) is 2. The topological polar surface area (TPSA) is 52.4 Å². The summed E-state index contributed by atoms with van der Waals surface area (Å²) in [4.78, 5) is 2.34. The molecule has 2 aliphatic heterocycles. The molecule has 3 heterocycles. The van der Waals surface area contributed by atoms with E-state index in [2.05, 4.69) is 39.8 Å². The predicted octanol–water partition coefficient (Wildman–Crippen LogP) is 3.35. The van der Waals surface area contributed by atoms with Gasteiger partial charge < -0.3 is 14.4 Å². The first kappa shape index (κ1) is 18.6. The maximum absolute atomic E-state index is 6.33. The molecule has 1 aromatic heterocycles. The minimum atomic E-state index is -0.652. The SMILES string of the molecule is CN(C)[C@H]1CC[C@H](c2nnc3n2-c2ccc(Cl)cc2CC2(C3)OCCO2)CC1. The Morgan fingerprint density at radius 1 is 1.07 bits per heavy atom. The van der Waals surface area contributed by atoms with Crippen LogP contribution in [0.2, 0.25) is 5.02 Å². The van der Waals surface area contributed by atoms with Gasteiger partial charge in [0, 0.05) is 23.4 Å². The minimum Gasteiger partial charge on any atom is -0.347 e. The summed E-state index contributed by atoms with van der Waals surface area (Å²) in [6.07, 6.45) is 5.97. The van der Waals surface area contributed by atoms with E-state index >= 15 is 0 Å². The average molecular weight is 403 g/mol. The Labute approximate surface area is 170 Å². The second-order valence-corrected chi connectivity index (χ2v) is 8.95. The van der Waals surface area contributed by atoms with Gasteiger partial charge in [0.15, 0.2) is 5.79 Å². The standard InChI is InChI=1S/C21H27ClN4O2/c1-25(2)17-6-3-14(4-7-17)20-24-23-19-13-21(27-9-10-28-21)12-15-11-16(22)5-8-18(15)26(19)20/h5,8,11,14,17H,3-4,6-7,9-10,12-13H2,1-2H3/t14-,17-. The molecule has 150 valence electrons. The molecule has 7 heteroatoms. The van der Waals surface area contributed by atoms with Gasteiger partial charge in [-0.25, -0.2) is 0 Å². The van der Waals surface area contributed by atoms with Gasteiger partial charge in [-0.1, -0.05) is 11.6 Å². The molecule has 0 amide bonds. The third kappa shape index (κ3) is 3.16. The summed E-state index contributed by atoms with van der Waals surface area (Å²) < 4.78 is 14.4. The first-order chi connectivity index (χ1) is 13.5. The van der Waals surface area contributed by atoms with Crippen molar-refractivity contribution in [3.63, 3.8) is 0 Å². The van der Waals surface area contributed by atoms with Gasteiger partial charge in [0.25, 0.3) is 0 Å². The van der Waals surface area contributed by atoms with Gasteiger partial charge in [-0.05, 0) is 63.5 Å². The molecule has 1 aliphatic carbocycles. The molecular formula is C21H27ClN4O2. The van der Waals surface area contributed by atoms with Crippen molar-refractivity contribution in [3.05, 3.63) is 40.4 Å². The molecule has 3 aliphatic rings. The van der Waals surface area contributed by atoms with Gasteiger partial charge in [-0.2, -0.15) is 0 Å². The molecule has 0 bridgehead atoms. The van der Waals surface area contributed by atoms with E-state index in [0.717, 1.165) is 40.8 Å². The van der Waals surface area contributed by atoms with E-state index in [4.69, 9.17) is 21.1 Å². The van der Waals surface area contributed by atoms with Crippen LogP contribution < -0.4 is 0 Å². The third-order valence-electron chi connectivity index (χ3n) is 6.53. The van der Waals surface area contributed by atoms with Crippen LogP contribution in [0.5, 0.6) is 0 Å². The van der Waals surface area contributed by atoms with Crippen molar-refractivity contribution in [2.24, 2.45) is 0 Å². The fraction of sp³-hybridized carbons (Fsp3) is 0.619. The maximum Gasteiger partial charge on any atom is 0.179 e. The van der Waals surface area contributed by atoms with E-state index in [1.54, 1.807) is 0 Å². The number of fused-ring (bicyclic) bond motifs is 3. The van der Waals surface area contributed by atoms with Gasteiger partial charge in [-0.3, -0.25) is 4.57 Å². The predicted molar refractivity (Wildman–Crippen MR) is 107 cm³/mol. The van der Waals surface area contributed by atoms with Crippen LogP contribution in [-0.2, 0) is 22.3 Å². The monoisotopic (exact) mass is 402 g/mol. The fourth-order valence-corrected chi connectivity index (χ4v) is 5.23. The van der Waals surface area contributed by atoms with Crippen LogP contribution in [0.3, 0.4) is 0 Å². The van der Waals surface area contributed by atoms with E-state index in [9.17, 15) is 0 Å². The molecule has 28 heavy (non-hydrogen) atoms. The number of nitrogens with zero attached hydrogens (tertiary/aromatic N) is 4. The van der Waals surface area contributed by atoms with Crippen LogP contribution in [0.15, 0.2) is 18.2 Å². The third-order valence-corrected chi connectivity index (χ3v) is 6.77. The van der Waals surface area contributed by atoms with Crippen molar-refractivity contribution in [2.75, 3.05) is 27.3 Å². The molecule has 1 saturated heterocycles. The van der Waals surface area contributed by atoms with Gasteiger partial charge in [0.2, 0.25) is 0 Å². The van der Waals surface area contributed by atoms with Crippen LogP contribution in [0.4, 0.5) is 0 Å². The van der Waals surface area contributed by atoms with Crippen molar-refractivity contribution < 1.29 is 9.47 Å². The van der Waals surface area contributed by atoms with Crippen LogP contribution in [0, 0.1) is 0 Å². The largest absolute Gasteiger partial charge is 0.347 e. The summed E-state index contributed by atoms with van der Waals surface area (Å²) in [6.45, 7) is 1.23. The summed E-state index contributed by atoms with van der Waals surface area (Å²) >= 11 is 6.33. The molecule has 0 N–H and O–H groups in total. The molecule has 0 radical (unpaired) electrons. The van der Waals surface area contributed by atoms with E-state index in [-0.39, 0.29) is 0 Å². The highest BCUT2D eigenvalue weighted by molar-refractivity contribution is 6.30. The summed E-state index contributed by atoms with van der Waals surface area (Å²) in [5, 5.41) is 9.99. The van der Waals surface area contributed by atoms with Gasteiger partial charge >= 0.3 is 0 Å². The lowest BCUT2D eigenvalue weighted by Crippen LogP contribution is -2.35. The summed E-state index contributed by atoms with van der Waals surface area (Å²) in [6, 6.07) is 6.74. The van der Waals surface area contributed by atoms with Crippen LogP contribution in [-0.4, -0.2) is 58.8 Å². The Balaban J connectivity index is 1.55. The molecule has 2 fully saturated rings. The smallest absolute Gasteiger partial charge is 0.179 e. The maximum atomic E-state index is 6.33. The summed E-state index contributed by atoms with van der Waals surface area (Å²) in [5.41, 5.74) is 2.25. The van der Waals surface area contributed by atoms with E-state index in [0.29, 0.717) is 38.0 Å². The molecular weight excluding hydrogens is 376 g/mol. The Hall–Kier alpha value is -1.47. The molecule has 1 saturated carbocycles. The molecule has 1 aromatic carbocycles. The Morgan fingerprint density at radius 3 is 2.54 bits per heavy atom. The number of benzene rings is 1. The van der Waals surface area contributed by atoms with Crippen molar-refractivity contribution in [2.45, 2.75) is 56.3 Å². The highest BCUT2D eigenvalue weighted by atomic mass is 35.5. The number of aromatic nitrogens is 3. The second kappa shape index (κ2) is 7.10. The van der Waals surface area contributed by atoms with Crippen LogP contribution >= 0.6 is 11.6 Å². The quantitative estimate of drug-likeness (QED) is 0.771. The minimum absolute atomic E-state index is 0.431. The van der Waals surface area contributed by atoms with Gasteiger partial charge in [0.05, 0.1) is 25.3 Å². The molecule has 2 aromatic rings. The van der Waals surface area contributed by atoms with Gasteiger partial charge in [-0.15, -0.1) is 10.2 Å². The second-order valence-electron chi connectivity index (χ2n) is 8.51. The zero-order valence-electron chi connectivity index (χ0n) is 16.5. The Kier molecular flexibility index (Phi) is 4.70. The number of hydrogen-bond acceptors (Lipinski definition) is 5. The highest BCUT2D eigenvalue weighted by Gasteiger charge is 2.42. The zero-order valence-corrected chi connectivity index (χ0v) is 17.3. The van der Waals surface area contributed by atoms with E-state index in [1.807, 2.05) is 12.1 Å². The van der Waals surface area contributed by atoms with Crippen molar-refractivity contribution in [1.29, 1.82) is 0 Å². The first-order valence-electron chi connectivity index (χ1n) is 10.2. The average Bonchev–Trinajstić information content (AvgIpc) is 3.27. The normalized spacial score (nSPS) is 26.3. The van der Waals surface area contributed by atoms with Gasteiger partial charge in [0.1, 0.15) is 11.6 Å². The van der Waals surface area contributed by atoms with Crippen LogP contribution in [0.25, 0.3) is 5.69 Å². The number of hydrogen-bond donors (Lipinski definition) is 0. The molecule has 0 unspecified atom stereocenters.